The van der Waals surface area contributed by atoms with E-state index in [1.165, 1.54) is 12.8 Å². The third kappa shape index (κ3) is 2.09. The number of rotatable bonds is 2. The van der Waals surface area contributed by atoms with E-state index in [9.17, 15) is 4.79 Å². The van der Waals surface area contributed by atoms with Crippen molar-refractivity contribution in [2.24, 2.45) is 11.7 Å². The fourth-order valence-electron chi connectivity index (χ4n) is 2.92. The van der Waals surface area contributed by atoms with Crippen LogP contribution in [0, 0.1) is 5.92 Å². The largest absolute Gasteiger partial charge is 0.341 e. The first kappa shape index (κ1) is 11.9. The topological polar surface area (TPSA) is 49.6 Å². The first-order chi connectivity index (χ1) is 7.63. The highest BCUT2D eigenvalue weighted by Crippen LogP contribution is 2.28. The Morgan fingerprint density at radius 3 is 2.75 bits per heavy atom. The molecule has 0 spiro atoms. The number of hydrogen-bond acceptors (Lipinski definition) is 3. The third-order valence-electron chi connectivity index (χ3n) is 4.24. The molecule has 0 aromatic heterocycles. The Morgan fingerprint density at radius 2 is 2.06 bits per heavy atom. The Hall–Kier alpha value is -0.610. The van der Waals surface area contributed by atoms with Gasteiger partial charge in [-0.25, -0.2) is 0 Å². The van der Waals surface area contributed by atoms with E-state index < -0.39 is 0 Å². The molecular formula is C12H23N3O. The van der Waals surface area contributed by atoms with Crippen LogP contribution in [0.3, 0.4) is 0 Å². The Balaban J connectivity index is 2.01. The Labute approximate surface area is 97.8 Å². The minimum Gasteiger partial charge on any atom is -0.341 e. The molecule has 2 saturated heterocycles. The average molecular weight is 225 g/mol. The number of carbonyl (C=O) groups excluding carboxylic acids is 1. The molecule has 0 aromatic rings. The van der Waals surface area contributed by atoms with Crippen LogP contribution in [0.5, 0.6) is 0 Å². The van der Waals surface area contributed by atoms with Crippen molar-refractivity contribution in [2.75, 3.05) is 26.7 Å². The van der Waals surface area contributed by atoms with Crippen molar-refractivity contribution in [3.63, 3.8) is 0 Å². The van der Waals surface area contributed by atoms with Gasteiger partial charge in [0.2, 0.25) is 5.91 Å². The smallest absolute Gasteiger partial charge is 0.226 e. The Morgan fingerprint density at radius 1 is 1.38 bits per heavy atom. The summed E-state index contributed by atoms with van der Waals surface area (Å²) in [4.78, 5) is 16.6. The molecule has 2 bridgehead atoms. The second-order valence-corrected chi connectivity index (χ2v) is 5.26. The van der Waals surface area contributed by atoms with Crippen LogP contribution in [0.4, 0.5) is 0 Å². The van der Waals surface area contributed by atoms with E-state index in [0.717, 1.165) is 19.5 Å². The molecule has 2 aliphatic heterocycles. The first-order valence-electron chi connectivity index (χ1n) is 6.34. The molecule has 92 valence electrons. The molecule has 2 aliphatic rings. The van der Waals surface area contributed by atoms with E-state index >= 15 is 0 Å². The fourth-order valence-corrected chi connectivity index (χ4v) is 2.92. The highest BCUT2D eigenvalue weighted by Gasteiger charge is 2.36. The van der Waals surface area contributed by atoms with Gasteiger partial charge in [-0.3, -0.25) is 9.69 Å². The predicted octanol–water partition coefficient (Wildman–Crippen LogP) is 0.276. The van der Waals surface area contributed by atoms with E-state index in [1.54, 1.807) is 0 Å². The van der Waals surface area contributed by atoms with Gasteiger partial charge >= 0.3 is 0 Å². The SMILES string of the molecule is CC(CN)C(=O)N1CCC2CCC(C1)N2C. The molecule has 3 unspecified atom stereocenters. The number of amides is 1. The summed E-state index contributed by atoms with van der Waals surface area (Å²) >= 11 is 0. The van der Waals surface area contributed by atoms with Crippen molar-refractivity contribution in [3.05, 3.63) is 0 Å². The van der Waals surface area contributed by atoms with Crippen LogP contribution in [0.2, 0.25) is 0 Å². The Bertz CT molecular complexity index is 269. The summed E-state index contributed by atoms with van der Waals surface area (Å²) in [5, 5.41) is 0. The quantitative estimate of drug-likeness (QED) is 0.734. The second kappa shape index (κ2) is 4.72. The van der Waals surface area contributed by atoms with Crippen LogP contribution in [0.1, 0.15) is 26.2 Å². The van der Waals surface area contributed by atoms with Crippen LogP contribution < -0.4 is 5.73 Å². The summed E-state index contributed by atoms with van der Waals surface area (Å²) in [5.41, 5.74) is 5.56. The molecular weight excluding hydrogens is 202 g/mol. The number of nitrogens with two attached hydrogens (primary N) is 1. The highest BCUT2D eigenvalue weighted by atomic mass is 16.2. The maximum Gasteiger partial charge on any atom is 0.226 e. The number of likely N-dealkylation sites (N-methyl/N-ethyl adjacent to an activating group) is 1. The lowest BCUT2D eigenvalue weighted by Gasteiger charge is -2.27. The third-order valence-corrected chi connectivity index (χ3v) is 4.24. The van der Waals surface area contributed by atoms with Crippen molar-refractivity contribution in [3.8, 4) is 0 Å². The number of carbonyl (C=O) groups is 1. The van der Waals surface area contributed by atoms with Gasteiger partial charge in [0.1, 0.15) is 0 Å². The first-order valence-corrected chi connectivity index (χ1v) is 6.34. The molecule has 0 saturated carbocycles. The van der Waals surface area contributed by atoms with Crippen molar-refractivity contribution in [1.29, 1.82) is 0 Å². The van der Waals surface area contributed by atoms with Crippen LogP contribution >= 0.6 is 0 Å². The number of fused-ring (bicyclic) bond motifs is 2. The lowest BCUT2D eigenvalue weighted by molar-refractivity contribution is -0.135. The maximum absolute atomic E-state index is 12.1. The van der Waals surface area contributed by atoms with Crippen LogP contribution in [-0.2, 0) is 4.79 Å². The molecule has 0 aromatic carbocycles. The van der Waals surface area contributed by atoms with E-state index in [1.807, 2.05) is 11.8 Å². The molecule has 2 N–H and O–H groups in total. The van der Waals surface area contributed by atoms with Gasteiger partial charge in [0.15, 0.2) is 0 Å². The van der Waals surface area contributed by atoms with E-state index in [0.29, 0.717) is 18.6 Å². The minimum absolute atomic E-state index is 0.0260. The standard InChI is InChI=1S/C12H23N3O/c1-9(7-13)12(16)15-6-5-10-3-4-11(8-15)14(10)2/h9-11H,3-8,13H2,1-2H3. The van der Waals surface area contributed by atoms with Crippen molar-refractivity contribution >= 4 is 5.91 Å². The molecule has 2 heterocycles. The highest BCUT2D eigenvalue weighted by molar-refractivity contribution is 5.78. The van der Waals surface area contributed by atoms with Gasteiger partial charge in [-0.2, -0.15) is 0 Å². The van der Waals surface area contributed by atoms with Gasteiger partial charge < -0.3 is 10.6 Å². The van der Waals surface area contributed by atoms with Crippen molar-refractivity contribution in [2.45, 2.75) is 38.3 Å². The lowest BCUT2D eigenvalue weighted by atomic mass is 10.1. The van der Waals surface area contributed by atoms with E-state index in [2.05, 4.69) is 11.9 Å². The normalized spacial score (nSPS) is 32.6. The van der Waals surface area contributed by atoms with Crippen molar-refractivity contribution in [1.82, 2.24) is 9.80 Å². The van der Waals surface area contributed by atoms with Gasteiger partial charge in [0, 0.05) is 37.6 Å². The zero-order valence-electron chi connectivity index (χ0n) is 10.4. The number of nitrogens with zero attached hydrogens (tertiary/aromatic N) is 2. The van der Waals surface area contributed by atoms with Crippen LogP contribution in [-0.4, -0.2) is 54.5 Å². The van der Waals surface area contributed by atoms with E-state index in [-0.39, 0.29) is 11.8 Å². The van der Waals surface area contributed by atoms with Gasteiger partial charge in [0.05, 0.1) is 0 Å². The van der Waals surface area contributed by atoms with Gasteiger partial charge in [-0.15, -0.1) is 0 Å². The van der Waals surface area contributed by atoms with Gasteiger partial charge in [0.25, 0.3) is 0 Å². The summed E-state index contributed by atoms with van der Waals surface area (Å²) < 4.78 is 0. The lowest BCUT2D eigenvalue weighted by Crippen LogP contribution is -2.43. The zero-order valence-corrected chi connectivity index (χ0v) is 10.4. The molecule has 2 fully saturated rings. The number of likely N-dealkylation sites (tertiary alicyclic amines) is 1. The Kier molecular flexibility index (Phi) is 3.50. The van der Waals surface area contributed by atoms with Crippen LogP contribution in [0.15, 0.2) is 0 Å². The monoisotopic (exact) mass is 225 g/mol. The van der Waals surface area contributed by atoms with Crippen molar-refractivity contribution < 1.29 is 4.79 Å². The fraction of sp³-hybridized carbons (Fsp3) is 0.917. The average Bonchev–Trinajstić information content (AvgIpc) is 2.51. The molecule has 1 amide bonds. The molecule has 4 nitrogen and oxygen atoms in total. The van der Waals surface area contributed by atoms with E-state index in [4.69, 9.17) is 5.73 Å². The molecule has 0 aliphatic carbocycles. The molecule has 3 atom stereocenters. The van der Waals surface area contributed by atoms with Crippen LogP contribution in [0.25, 0.3) is 0 Å². The van der Waals surface area contributed by atoms with Gasteiger partial charge in [-0.1, -0.05) is 6.92 Å². The summed E-state index contributed by atoms with van der Waals surface area (Å²) in [5.74, 6) is 0.213. The molecule has 2 rings (SSSR count). The molecule has 0 radical (unpaired) electrons. The second-order valence-electron chi connectivity index (χ2n) is 5.26. The zero-order chi connectivity index (χ0) is 11.7. The molecule has 4 heteroatoms. The maximum atomic E-state index is 12.1. The predicted molar refractivity (Wildman–Crippen MR) is 64.0 cm³/mol. The number of hydrogen-bond donors (Lipinski definition) is 1. The summed E-state index contributed by atoms with van der Waals surface area (Å²) in [6.45, 7) is 4.19. The minimum atomic E-state index is -0.0260. The summed E-state index contributed by atoms with van der Waals surface area (Å²) in [7, 11) is 2.20. The molecule has 16 heavy (non-hydrogen) atoms. The van der Waals surface area contributed by atoms with Gasteiger partial charge in [-0.05, 0) is 26.3 Å². The summed E-state index contributed by atoms with van der Waals surface area (Å²) in [6, 6.07) is 1.26. The summed E-state index contributed by atoms with van der Waals surface area (Å²) in [6.07, 6.45) is 3.66.